The van der Waals surface area contributed by atoms with Gasteiger partial charge in [-0.25, -0.2) is 4.99 Å². The monoisotopic (exact) mass is 452 g/mol. The molecule has 0 saturated carbocycles. The predicted molar refractivity (Wildman–Crippen MR) is 133 cm³/mol. The second-order valence-corrected chi connectivity index (χ2v) is 8.98. The number of benzene rings is 3. The second-order valence-electron chi connectivity index (χ2n) is 8.98. The first kappa shape index (κ1) is 21.9. The molecule has 0 aromatic heterocycles. The highest BCUT2D eigenvalue weighted by molar-refractivity contribution is 6.07. The molecule has 1 atom stereocenters. The van der Waals surface area contributed by atoms with Crippen LogP contribution in [0.4, 0.5) is 0 Å². The molecule has 3 aromatic carbocycles. The lowest BCUT2D eigenvalue weighted by Gasteiger charge is -2.40. The summed E-state index contributed by atoms with van der Waals surface area (Å²) in [6.45, 7) is 1.15. The van der Waals surface area contributed by atoms with Crippen LogP contribution in [0.3, 0.4) is 0 Å². The Kier molecular flexibility index (Phi) is 5.65. The van der Waals surface area contributed by atoms with Gasteiger partial charge in [-0.1, -0.05) is 66.7 Å². The Labute approximate surface area is 199 Å². The maximum atomic E-state index is 13.7. The van der Waals surface area contributed by atoms with Gasteiger partial charge in [0.05, 0.1) is 0 Å². The topological polar surface area (TPSA) is 79.0 Å². The molecular weight excluding hydrogens is 424 g/mol. The fourth-order valence-corrected chi connectivity index (χ4v) is 5.18. The van der Waals surface area contributed by atoms with E-state index in [-0.39, 0.29) is 23.7 Å². The average molecular weight is 453 g/mol. The van der Waals surface area contributed by atoms with Crippen molar-refractivity contribution in [3.05, 3.63) is 96.1 Å². The second kappa shape index (κ2) is 8.78. The van der Waals surface area contributed by atoms with Crippen LogP contribution in [-0.4, -0.2) is 47.7 Å². The predicted octanol–water partition coefficient (Wildman–Crippen LogP) is 3.89. The number of amides is 2. The molecule has 0 aliphatic carbocycles. The van der Waals surface area contributed by atoms with E-state index in [1.165, 1.54) is 4.90 Å². The van der Waals surface area contributed by atoms with E-state index >= 15 is 0 Å². The summed E-state index contributed by atoms with van der Waals surface area (Å²) < 4.78 is 0. The van der Waals surface area contributed by atoms with Gasteiger partial charge < -0.3 is 10.6 Å². The highest BCUT2D eigenvalue weighted by Crippen LogP contribution is 2.45. The molecule has 5 rings (SSSR count). The normalized spacial score (nSPS) is 21.0. The lowest BCUT2D eigenvalue weighted by atomic mass is 9.72. The van der Waals surface area contributed by atoms with Crippen LogP contribution in [0.25, 0.3) is 11.1 Å². The molecule has 2 aliphatic rings. The highest BCUT2D eigenvalue weighted by atomic mass is 16.2. The van der Waals surface area contributed by atoms with Crippen molar-refractivity contribution in [2.75, 3.05) is 20.1 Å². The zero-order chi connectivity index (χ0) is 23.7. The van der Waals surface area contributed by atoms with E-state index in [0.717, 1.165) is 16.7 Å². The van der Waals surface area contributed by atoms with E-state index < -0.39 is 5.54 Å². The average Bonchev–Trinajstić information content (AvgIpc) is 3.14. The summed E-state index contributed by atoms with van der Waals surface area (Å²) in [4.78, 5) is 34.8. The molecule has 0 bridgehead atoms. The SMILES string of the molecule is CN1C(=O)C(c2cccc(-c3ccccc3)c2)(C2CCN(C(=O)c3ccccc3)CC2)N=C1N. The standard InChI is InChI=1S/C28H28N4O2/c1-31-26(34)28(30-27(31)29,24-14-8-13-22(19-24)20-9-4-2-5-10-20)23-15-17-32(18-16-23)25(33)21-11-6-3-7-12-21/h2-14,19,23H,15-18H2,1H3,(H2,29,30). The van der Waals surface area contributed by atoms with Gasteiger partial charge >= 0.3 is 0 Å². The van der Waals surface area contributed by atoms with Gasteiger partial charge in [-0.05, 0) is 47.7 Å². The minimum atomic E-state index is -1.08. The van der Waals surface area contributed by atoms with E-state index in [4.69, 9.17) is 10.7 Å². The van der Waals surface area contributed by atoms with Crippen LogP contribution in [-0.2, 0) is 10.3 Å². The minimum absolute atomic E-state index is 0.0251. The number of hydrogen-bond acceptors (Lipinski definition) is 4. The molecule has 2 aliphatic heterocycles. The van der Waals surface area contributed by atoms with Crippen LogP contribution in [0.1, 0.15) is 28.8 Å². The first-order chi connectivity index (χ1) is 16.5. The van der Waals surface area contributed by atoms with Crippen molar-refractivity contribution in [2.45, 2.75) is 18.4 Å². The first-order valence-electron chi connectivity index (χ1n) is 11.6. The number of hydrogen-bond donors (Lipinski definition) is 1. The van der Waals surface area contributed by atoms with Crippen LogP contribution in [0.2, 0.25) is 0 Å². The van der Waals surface area contributed by atoms with Crippen molar-refractivity contribution >= 4 is 17.8 Å². The zero-order valence-corrected chi connectivity index (χ0v) is 19.2. The quantitative estimate of drug-likeness (QED) is 0.652. The van der Waals surface area contributed by atoms with Crippen molar-refractivity contribution < 1.29 is 9.59 Å². The lowest BCUT2D eigenvalue weighted by molar-refractivity contribution is -0.133. The Morgan fingerprint density at radius 3 is 2.15 bits per heavy atom. The van der Waals surface area contributed by atoms with Crippen LogP contribution in [0.15, 0.2) is 89.9 Å². The van der Waals surface area contributed by atoms with Gasteiger partial charge in [0, 0.05) is 31.6 Å². The smallest absolute Gasteiger partial charge is 0.261 e. The molecule has 0 spiro atoms. The van der Waals surface area contributed by atoms with Crippen molar-refractivity contribution in [1.82, 2.24) is 9.80 Å². The Hall–Kier alpha value is -3.93. The van der Waals surface area contributed by atoms with E-state index in [0.29, 0.717) is 31.5 Å². The van der Waals surface area contributed by atoms with Crippen LogP contribution in [0.5, 0.6) is 0 Å². The molecule has 34 heavy (non-hydrogen) atoms. The van der Waals surface area contributed by atoms with Gasteiger partial charge in [-0.3, -0.25) is 14.5 Å². The molecule has 172 valence electrons. The molecular formula is C28H28N4O2. The minimum Gasteiger partial charge on any atom is -0.369 e. The zero-order valence-electron chi connectivity index (χ0n) is 19.2. The van der Waals surface area contributed by atoms with E-state index in [1.54, 1.807) is 7.05 Å². The molecule has 6 nitrogen and oxygen atoms in total. The van der Waals surface area contributed by atoms with Gasteiger partial charge in [0.2, 0.25) is 0 Å². The fraction of sp³-hybridized carbons (Fsp3) is 0.250. The van der Waals surface area contributed by atoms with Gasteiger partial charge in [0.25, 0.3) is 11.8 Å². The summed E-state index contributed by atoms with van der Waals surface area (Å²) in [6, 6.07) is 27.5. The third kappa shape index (κ3) is 3.65. The number of rotatable bonds is 4. The molecule has 2 heterocycles. The Morgan fingerprint density at radius 1 is 0.912 bits per heavy atom. The Morgan fingerprint density at radius 2 is 1.53 bits per heavy atom. The van der Waals surface area contributed by atoms with Crippen molar-refractivity contribution in [3.63, 3.8) is 0 Å². The molecule has 1 unspecified atom stereocenters. The maximum Gasteiger partial charge on any atom is 0.261 e. The summed E-state index contributed by atoms with van der Waals surface area (Å²) in [5.74, 6) is 0.0901. The summed E-state index contributed by atoms with van der Waals surface area (Å²) in [7, 11) is 1.68. The third-order valence-electron chi connectivity index (χ3n) is 7.07. The Balaban J connectivity index is 1.47. The fourth-order valence-electron chi connectivity index (χ4n) is 5.18. The van der Waals surface area contributed by atoms with Crippen molar-refractivity contribution in [2.24, 2.45) is 16.6 Å². The molecule has 1 fully saturated rings. The Bertz CT molecular complexity index is 1230. The number of piperidine rings is 1. The highest BCUT2D eigenvalue weighted by Gasteiger charge is 2.54. The maximum absolute atomic E-state index is 13.7. The number of guanidine groups is 1. The van der Waals surface area contributed by atoms with Gasteiger partial charge in [0.15, 0.2) is 11.5 Å². The van der Waals surface area contributed by atoms with E-state index in [9.17, 15) is 9.59 Å². The number of likely N-dealkylation sites (N-methyl/N-ethyl adjacent to an activating group) is 1. The van der Waals surface area contributed by atoms with Crippen molar-refractivity contribution in [1.29, 1.82) is 0 Å². The van der Waals surface area contributed by atoms with Gasteiger partial charge in [-0.2, -0.15) is 0 Å². The number of aliphatic imine (C=N–C) groups is 1. The summed E-state index contributed by atoms with van der Waals surface area (Å²) in [5.41, 5.74) is 8.75. The number of nitrogens with zero attached hydrogens (tertiary/aromatic N) is 3. The third-order valence-corrected chi connectivity index (χ3v) is 7.07. The van der Waals surface area contributed by atoms with Crippen LogP contribution >= 0.6 is 0 Å². The molecule has 1 saturated heterocycles. The molecule has 0 radical (unpaired) electrons. The molecule has 6 heteroatoms. The molecule has 3 aromatic rings. The molecule has 2 amide bonds. The summed E-state index contributed by atoms with van der Waals surface area (Å²) in [5, 5.41) is 0. The van der Waals surface area contributed by atoms with Gasteiger partial charge in [0.1, 0.15) is 0 Å². The molecule has 2 N–H and O–H groups in total. The number of likely N-dealkylation sites (tertiary alicyclic amines) is 1. The van der Waals surface area contributed by atoms with Crippen molar-refractivity contribution in [3.8, 4) is 11.1 Å². The number of carbonyl (C=O) groups excluding carboxylic acids is 2. The van der Waals surface area contributed by atoms with Crippen LogP contribution in [0, 0.1) is 5.92 Å². The lowest BCUT2D eigenvalue weighted by Crippen LogP contribution is -2.49. The van der Waals surface area contributed by atoms with E-state index in [1.807, 2.05) is 71.6 Å². The van der Waals surface area contributed by atoms with Gasteiger partial charge in [-0.15, -0.1) is 0 Å². The van der Waals surface area contributed by atoms with E-state index in [2.05, 4.69) is 18.2 Å². The first-order valence-corrected chi connectivity index (χ1v) is 11.6. The number of nitrogens with two attached hydrogens (primary N) is 1. The van der Waals surface area contributed by atoms with Crippen LogP contribution < -0.4 is 5.73 Å². The number of carbonyl (C=O) groups is 2. The largest absolute Gasteiger partial charge is 0.369 e. The summed E-state index contributed by atoms with van der Waals surface area (Å²) in [6.07, 6.45) is 1.34. The summed E-state index contributed by atoms with van der Waals surface area (Å²) >= 11 is 0.